The zero-order valence-electron chi connectivity index (χ0n) is 12.1. The summed E-state index contributed by atoms with van der Waals surface area (Å²) in [5, 5.41) is 3.07. The van der Waals surface area contributed by atoms with Crippen LogP contribution in [0.4, 0.5) is 0 Å². The molecule has 1 rings (SSSR count). The zero-order valence-corrected chi connectivity index (χ0v) is 12.9. The Labute approximate surface area is 120 Å². The molecular weight excluding hydrogens is 280 g/mol. The number of hydrogen-bond donors (Lipinski definition) is 2. The summed E-state index contributed by atoms with van der Waals surface area (Å²) in [5.74, 6) is 0.343. The molecule has 0 saturated carbocycles. The number of ether oxygens (including phenoxy) is 2. The molecule has 0 aliphatic carbocycles. The second kappa shape index (κ2) is 8.21. The van der Waals surface area contributed by atoms with Crippen LogP contribution in [0.5, 0.6) is 5.75 Å². The van der Waals surface area contributed by atoms with Gasteiger partial charge in [0.15, 0.2) is 0 Å². The highest BCUT2D eigenvalue weighted by molar-refractivity contribution is 7.89. The average molecular weight is 302 g/mol. The zero-order chi connectivity index (χ0) is 15.0. The van der Waals surface area contributed by atoms with Gasteiger partial charge < -0.3 is 14.8 Å². The first-order valence-corrected chi connectivity index (χ1v) is 7.83. The molecule has 1 aromatic rings. The van der Waals surface area contributed by atoms with Crippen LogP contribution in [0.15, 0.2) is 23.1 Å². The summed E-state index contributed by atoms with van der Waals surface area (Å²) in [6.45, 7) is 3.97. The fourth-order valence-electron chi connectivity index (χ4n) is 1.64. The van der Waals surface area contributed by atoms with Gasteiger partial charge in [-0.1, -0.05) is 6.07 Å². The van der Waals surface area contributed by atoms with Crippen molar-refractivity contribution in [2.75, 3.05) is 40.5 Å². The van der Waals surface area contributed by atoms with Crippen molar-refractivity contribution in [1.82, 2.24) is 10.0 Å². The van der Waals surface area contributed by atoms with Crippen molar-refractivity contribution in [3.8, 4) is 5.75 Å². The Hall–Kier alpha value is -1.15. The van der Waals surface area contributed by atoms with Crippen molar-refractivity contribution in [1.29, 1.82) is 0 Å². The van der Waals surface area contributed by atoms with Crippen molar-refractivity contribution in [2.45, 2.75) is 11.8 Å². The van der Waals surface area contributed by atoms with Crippen molar-refractivity contribution < 1.29 is 17.9 Å². The highest BCUT2D eigenvalue weighted by Gasteiger charge is 2.18. The molecule has 0 unspecified atom stereocenters. The van der Waals surface area contributed by atoms with Crippen molar-refractivity contribution in [3.05, 3.63) is 23.8 Å². The van der Waals surface area contributed by atoms with Gasteiger partial charge in [-0.25, -0.2) is 13.1 Å². The molecule has 0 spiro atoms. The third kappa shape index (κ3) is 5.09. The number of rotatable bonds is 9. The van der Waals surface area contributed by atoms with Gasteiger partial charge in [-0.15, -0.1) is 0 Å². The number of methoxy groups -OCH3 is 2. The predicted molar refractivity (Wildman–Crippen MR) is 77.7 cm³/mol. The molecule has 0 aliphatic heterocycles. The van der Waals surface area contributed by atoms with Crippen LogP contribution in [0, 0.1) is 6.92 Å². The summed E-state index contributed by atoms with van der Waals surface area (Å²) in [6.07, 6.45) is 0. The molecular formula is C13H22N2O4S. The minimum Gasteiger partial charge on any atom is -0.495 e. The molecule has 0 aromatic heterocycles. The lowest BCUT2D eigenvalue weighted by atomic mass is 10.2. The predicted octanol–water partition coefficient (Wildman–Crippen LogP) is 0.518. The highest BCUT2D eigenvalue weighted by Crippen LogP contribution is 2.24. The smallest absolute Gasteiger partial charge is 0.244 e. The van der Waals surface area contributed by atoms with E-state index in [4.69, 9.17) is 9.47 Å². The quantitative estimate of drug-likeness (QED) is 0.650. The molecule has 0 saturated heterocycles. The lowest BCUT2D eigenvalue weighted by Gasteiger charge is -2.11. The average Bonchev–Trinajstić information content (AvgIpc) is 2.42. The summed E-state index contributed by atoms with van der Waals surface area (Å²) in [7, 11) is -0.491. The van der Waals surface area contributed by atoms with E-state index in [0.717, 1.165) is 5.56 Å². The molecule has 0 heterocycles. The lowest BCUT2D eigenvalue weighted by molar-refractivity contribution is 0.199. The number of sulfonamides is 1. The molecule has 0 aliphatic rings. The standard InChI is InChI=1S/C13H22N2O4S/c1-11-4-5-12(19-3)13(10-11)20(16,17)15-7-6-14-8-9-18-2/h4-5,10,14-15H,6-9H2,1-3H3. The molecule has 0 atom stereocenters. The van der Waals surface area contributed by atoms with Gasteiger partial charge in [-0.3, -0.25) is 0 Å². The van der Waals surface area contributed by atoms with Crippen LogP contribution in [-0.4, -0.2) is 48.9 Å². The number of benzene rings is 1. The molecule has 6 nitrogen and oxygen atoms in total. The first-order chi connectivity index (χ1) is 9.51. The van der Waals surface area contributed by atoms with Crippen molar-refractivity contribution in [3.63, 3.8) is 0 Å². The molecule has 0 bridgehead atoms. The fourth-order valence-corrected chi connectivity index (χ4v) is 2.93. The molecule has 20 heavy (non-hydrogen) atoms. The van der Waals surface area contributed by atoms with Gasteiger partial charge in [-0.05, 0) is 24.6 Å². The maximum Gasteiger partial charge on any atom is 0.244 e. The van der Waals surface area contributed by atoms with Crippen LogP contribution in [-0.2, 0) is 14.8 Å². The minimum atomic E-state index is -3.56. The maximum atomic E-state index is 12.2. The topological polar surface area (TPSA) is 76.7 Å². The molecule has 0 amide bonds. The van der Waals surface area contributed by atoms with E-state index in [1.54, 1.807) is 19.2 Å². The van der Waals surface area contributed by atoms with Gasteiger partial charge >= 0.3 is 0 Å². The highest BCUT2D eigenvalue weighted by atomic mass is 32.2. The van der Waals surface area contributed by atoms with Gasteiger partial charge in [0, 0.05) is 26.7 Å². The Kier molecular flexibility index (Phi) is 6.94. The van der Waals surface area contributed by atoms with Gasteiger partial charge in [0.25, 0.3) is 0 Å². The Morgan fingerprint density at radius 1 is 1.15 bits per heavy atom. The van der Waals surface area contributed by atoms with E-state index in [0.29, 0.717) is 32.0 Å². The van der Waals surface area contributed by atoms with E-state index in [1.165, 1.54) is 7.11 Å². The van der Waals surface area contributed by atoms with E-state index < -0.39 is 10.0 Å². The monoisotopic (exact) mass is 302 g/mol. The Morgan fingerprint density at radius 3 is 2.55 bits per heavy atom. The second-order valence-electron chi connectivity index (χ2n) is 4.29. The van der Waals surface area contributed by atoms with Gasteiger partial charge in [0.1, 0.15) is 10.6 Å². The molecule has 1 aromatic carbocycles. The molecule has 0 radical (unpaired) electrons. The number of hydrogen-bond acceptors (Lipinski definition) is 5. The molecule has 7 heteroatoms. The van der Waals surface area contributed by atoms with Gasteiger partial charge in [0.05, 0.1) is 13.7 Å². The SMILES string of the molecule is COCCNCCNS(=O)(=O)c1cc(C)ccc1OC. The van der Waals surface area contributed by atoms with E-state index in [2.05, 4.69) is 10.0 Å². The Morgan fingerprint density at radius 2 is 1.90 bits per heavy atom. The van der Waals surface area contributed by atoms with Crippen LogP contribution in [0.25, 0.3) is 0 Å². The van der Waals surface area contributed by atoms with Crippen LogP contribution in [0.1, 0.15) is 5.56 Å². The van der Waals surface area contributed by atoms with E-state index in [-0.39, 0.29) is 4.90 Å². The van der Waals surface area contributed by atoms with Crippen molar-refractivity contribution in [2.24, 2.45) is 0 Å². The summed E-state index contributed by atoms with van der Waals surface area (Å²) in [5.41, 5.74) is 0.865. The summed E-state index contributed by atoms with van der Waals surface area (Å²) in [4.78, 5) is 0.164. The van der Waals surface area contributed by atoms with Gasteiger partial charge in [-0.2, -0.15) is 0 Å². The summed E-state index contributed by atoms with van der Waals surface area (Å²) in [6, 6.07) is 5.06. The Bertz CT molecular complexity index is 517. The Balaban J connectivity index is 2.62. The first kappa shape index (κ1) is 16.9. The van der Waals surface area contributed by atoms with Crippen LogP contribution >= 0.6 is 0 Å². The van der Waals surface area contributed by atoms with Crippen LogP contribution in [0.3, 0.4) is 0 Å². The van der Waals surface area contributed by atoms with Crippen LogP contribution < -0.4 is 14.8 Å². The van der Waals surface area contributed by atoms with E-state index in [1.807, 2.05) is 13.0 Å². The van der Waals surface area contributed by atoms with Crippen LogP contribution in [0.2, 0.25) is 0 Å². The normalized spacial score (nSPS) is 11.6. The van der Waals surface area contributed by atoms with Gasteiger partial charge in [0.2, 0.25) is 10.0 Å². The third-order valence-electron chi connectivity index (χ3n) is 2.69. The fraction of sp³-hybridized carbons (Fsp3) is 0.538. The second-order valence-corrected chi connectivity index (χ2v) is 6.03. The third-order valence-corrected chi connectivity index (χ3v) is 4.17. The number of aryl methyl sites for hydroxylation is 1. The minimum absolute atomic E-state index is 0.164. The molecule has 114 valence electrons. The first-order valence-electron chi connectivity index (χ1n) is 6.35. The molecule has 2 N–H and O–H groups in total. The van der Waals surface area contributed by atoms with E-state index in [9.17, 15) is 8.42 Å². The lowest BCUT2D eigenvalue weighted by Crippen LogP contribution is -2.33. The summed E-state index contributed by atoms with van der Waals surface area (Å²) < 4.78 is 36.9. The molecule has 0 fully saturated rings. The van der Waals surface area contributed by atoms with E-state index >= 15 is 0 Å². The number of nitrogens with one attached hydrogen (secondary N) is 2. The summed E-state index contributed by atoms with van der Waals surface area (Å²) >= 11 is 0. The van der Waals surface area contributed by atoms with Crippen molar-refractivity contribution >= 4 is 10.0 Å². The largest absolute Gasteiger partial charge is 0.495 e. The maximum absolute atomic E-state index is 12.2.